The summed E-state index contributed by atoms with van der Waals surface area (Å²) in [4.78, 5) is 0. The number of halogens is 6. The van der Waals surface area contributed by atoms with E-state index in [2.05, 4.69) is 0 Å². The minimum Gasteiger partial charge on any atom is -0.166 e. The monoisotopic (exact) mass is 338 g/mol. The molecule has 0 atom stereocenters. The van der Waals surface area contributed by atoms with Crippen LogP contribution in [-0.2, 0) is 6.18 Å². The minimum absolute atomic E-state index is 0.0129. The summed E-state index contributed by atoms with van der Waals surface area (Å²) in [6, 6.07) is 6.78. The molecule has 2 aromatic rings. The first-order valence-corrected chi connectivity index (χ1v) is 6.67. The number of benzene rings is 2. The van der Waals surface area contributed by atoms with Crippen molar-refractivity contribution < 1.29 is 13.2 Å². The van der Waals surface area contributed by atoms with Crippen molar-refractivity contribution in [3.05, 3.63) is 56.5 Å². The molecule has 2 aromatic carbocycles. The second-order valence-corrected chi connectivity index (χ2v) is 5.41. The molecular weight excluding hydrogens is 332 g/mol. The van der Waals surface area contributed by atoms with Gasteiger partial charge in [-0.15, -0.1) is 0 Å². The lowest BCUT2D eigenvalue weighted by atomic mass is 9.94. The second-order valence-electron chi connectivity index (χ2n) is 4.21. The Balaban J connectivity index is 2.87. The quantitative estimate of drug-likeness (QED) is 0.511. The molecule has 0 spiro atoms. The fourth-order valence-electron chi connectivity index (χ4n) is 1.99. The highest BCUT2D eigenvalue weighted by atomic mass is 35.5. The molecule has 0 bridgehead atoms. The SMILES string of the molecule is Cc1cccc(C(F)(F)F)c1-c1c(Cl)ccc(Cl)c1Cl. The molecule has 0 fully saturated rings. The van der Waals surface area contributed by atoms with Gasteiger partial charge in [-0.05, 0) is 36.2 Å². The Labute approximate surface area is 129 Å². The van der Waals surface area contributed by atoms with Crippen molar-refractivity contribution in [2.24, 2.45) is 0 Å². The predicted molar refractivity (Wildman–Crippen MR) is 76.6 cm³/mol. The lowest BCUT2D eigenvalue weighted by Gasteiger charge is -2.18. The molecule has 0 nitrogen and oxygen atoms in total. The van der Waals surface area contributed by atoms with Crippen LogP contribution in [0.5, 0.6) is 0 Å². The van der Waals surface area contributed by atoms with Gasteiger partial charge < -0.3 is 0 Å². The Morgan fingerprint density at radius 2 is 1.45 bits per heavy atom. The highest BCUT2D eigenvalue weighted by molar-refractivity contribution is 6.46. The molecule has 0 saturated heterocycles. The van der Waals surface area contributed by atoms with Crippen LogP contribution in [-0.4, -0.2) is 0 Å². The molecule has 0 aromatic heterocycles. The summed E-state index contributed by atoms with van der Waals surface area (Å²) in [6.45, 7) is 1.57. The molecule has 0 aliphatic heterocycles. The van der Waals surface area contributed by atoms with E-state index in [4.69, 9.17) is 34.8 Å². The van der Waals surface area contributed by atoms with Gasteiger partial charge >= 0.3 is 6.18 Å². The van der Waals surface area contributed by atoms with Crippen molar-refractivity contribution in [2.45, 2.75) is 13.1 Å². The van der Waals surface area contributed by atoms with Crippen LogP contribution in [0, 0.1) is 6.92 Å². The summed E-state index contributed by atoms with van der Waals surface area (Å²) in [7, 11) is 0. The van der Waals surface area contributed by atoms with Gasteiger partial charge in [0.2, 0.25) is 0 Å². The Bertz CT molecular complexity index is 663. The summed E-state index contributed by atoms with van der Waals surface area (Å²) in [5.74, 6) is 0. The average Bonchev–Trinajstić information content (AvgIpc) is 2.35. The van der Waals surface area contributed by atoms with Crippen LogP contribution in [0.3, 0.4) is 0 Å². The minimum atomic E-state index is -4.50. The second kappa shape index (κ2) is 5.47. The molecule has 106 valence electrons. The van der Waals surface area contributed by atoms with E-state index >= 15 is 0 Å². The van der Waals surface area contributed by atoms with E-state index < -0.39 is 11.7 Å². The van der Waals surface area contributed by atoms with E-state index in [1.165, 1.54) is 18.2 Å². The molecule has 0 aliphatic rings. The van der Waals surface area contributed by atoms with Gasteiger partial charge in [-0.1, -0.05) is 46.9 Å². The number of hydrogen-bond acceptors (Lipinski definition) is 0. The standard InChI is InChI=1S/C14H8Cl3F3/c1-7-3-2-4-8(14(18,19)20)11(7)12-9(15)5-6-10(16)13(12)17/h2-6H,1H3. The van der Waals surface area contributed by atoms with Crippen molar-refractivity contribution in [3.8, 4) is 11.1 Å². The summed E-state index contributed by atoms with van der Waals surface area (Å²) >= 11 is 17.9. The molecule has 2 rings (SSSR count). The summed E-state index contributed by atoms with van der Waals surface area (Å²) in [5, 5.41) is 0.292. The molecule has 0 saturated carbocycles. The summed E-state index contributed by atoms with van der Waals surface area (Å²) in [6.07, 6.45) is -4.50. The van der Waals surface area contributed by atoms with E-state index in [9.17, 15) is 13.2 Å². The van der Waals surface area contributed by atoms with Crippen LogP contribution in [0.2, 0.25) is 15.1 Å². The number of aryl methyl sites for hydroxylation is 1. The van der Waals surface area contributed by atoms with E-state index in [1.54, 1.807) is 13.0 Å². The molecule has 0 radical (unpaired) electrons. The number of alkyl halides is 3. The fourth-order valence-corrected chi connectivity index (χ4v) is 2.71. The Morgan fingerprint density at radius 3 is 2.05 bits per heavy atom. The molecule has 20 heavy (non-hydrogen) atoms. The van der Waals surface area contributed by atoms with Gasteiger partial charge in [0.05, 0.1) is 20.6 Å². The Kier molecular flexibility index (Phi) is 4.24. The van der Waals surface area contributed by atoms with Crippen molar-refractivity contribution in [1.82, 2.24) is 0 Å². The van der Waals surface area contributed by atoms with Crippen LogP contribution >= 0.6 is 34.8 Å². The van der Waals surface area contributed by atoms with Gasteiger partial charge in [0, 0.05) is 5.56 Å². The fraction of sp³-hybridized carbons (Fsp3) is 0.143. The predicted octanol–water partition coefficient (Wildman–Crippen LogP) is 6.64. The third kappa shape index (κ3) is 2.76. The largest absolute Gasteiger partial charge is 0.417 e. The van der Waals surface area contributed by atoms with Gasteiger partial charge in [0.25, 0.3) is 0 Å². The highest BCUT2D eigenvalue weighted by Crippen LogP contribution is 2.45. The first-order valence-electron chi connectivity index (χ1n) is 5.54. The van der Waals surface area contributed by atoms with E-state index in [-0.39, 0.29) is 26.2 Å². The zero-order chi connectivity index (χ0) is 15.1. The van der Waals surface area contributed by atoms with Crippen LogP contribution in [0.1, 0.15) is 11.1 Å². The zero-order valence-corrected chi connectivity index (χ0v) is 12.4. The van der Waals surface area contributed by atoms with Gasteiger partial charge in [-0.25, -0.2) is 0 Å². The molecule has 0 heterocycles. The van der Waals surface area contributed by atoms with Crippen molar-refractivity contribution in [3.63, 3.8) is 0 Å². The summed E-state index contributed by atoms with van der Waals surface area (Å²) in [5.41, 5.74) is -0.307. The first-order chi connectivity index (χ1) is 9.23. The van der Waals surface area contributed by atoms with Gasteiger partial charge in [0.1, 0.15) is 0 Å². The van der Waals surface area contributed by atoms with Gasteiger partial charge in [-0.3, -0.25) is 0 Å². The zero-order valence-electron chi connectivity index (χ0n) is 10.2. The molecule has 6 heteroatoms. The number of rotatable bonds is 1. The van der Waals surface area contributed by atoms with E-state index in [0.717, 1.165) is 6.07 Å². The van der Waals surface area contributed by atoms with Crippen molar-refractivity contribution in [1.29, 1.82) is 0 Å². The van der Waals surface area contributed by atoms with Crippen LogP contribution < -0.4 is 0 Å². The van der Waals surface area contributed by atoms with Crippen LogP contribution in [0.15, 0.2) is 30.3 Å². The van der Waals surface area contributed by atoms with E-state index in [0.29, 0.717) is 5.56 Å². The normalized spacial score (nSPS) is 11.8. The smallest absolute Gasteiger partial charge is 0.166 e. The molecule has 0 amide bonds. The number of hydrogen-bond donors (Lipinski definition) is 0. The highest BCUT2D eigenvalue weighted by Gasteiger charge is 2.35. The molecule has 0 aliphatic carbocycles. The molecule has 0 N–H and O–H groups in total. The topological polar surface area (TPSA) is 0 Å². The Morgan fingerprint density at radius 1 is 0.850 bits per heavy atom. The third-order valence-electron chi connectivity index (χ3n) is 2.87. The lowest BCUT2D eigenvalue weighted by molar-refractivity contribution is -0.137. The van der Waals surface area contributed by atoms with E-state index in [1.807, 2.05) is 0 Å². The van der Waals surface area contributed by atoms with Crippen molar-refractivity contribution >= 4 is 34.8 Å². The lowest BCUT2D eigenvalue weighted by Crippen LogP contribution is -2.08. The third-order valence-corrected chi connectivity index (χ3v) is 3.99. The maximum absolute atomic E-state index is 13.2. The van der Waals surface area contributed by atoms with Crippen LogP contribution in [0.25, 0.3) is 11.1 Å². The average molecular weight is 340 g/mol. The Hall–Kier alpha value is -0.900. The maximum atomic E-state index is 13.2. The maximum Gasteiger partial charge on any atom is 0.417 e. The van der Waals surface area contributed by atoms with Crippen molar-refractivity contribution in [2.75, 3.05) is 0 Å². The molecular formula is C14H8Cl3F3. The molecule has 0 unspecified atom stereocenters. The van der Waals surface area contributed by atoms with Crippen LogP contribution in [0.4, 0.5) is 13.2 Å². The first kappa shape index (κ1) is 15.5. The van der Waals surface area contributed by atoms with Gasteiger partial charge in [-0.2, -0.15) is 13.2 Å². The summed E-state index contributed by atoms with van der Waals surface area (Å²) < 4.78 is 39.5. The van der Waals surface area contributed by atoms with Gasteiger partial charge in [0.15, 0.2) is 0 Å².